The summed E-state index contributed by atoms with van der Waals surface area (Å²) in [6.45, 7) is 1.01. The van der Waals surface area contributed by atoms with Gasteiger partial charge in [-0.05, 0) is 53.1 Å². The molecular formula is C32H26N4O5. The molecule has 0 fully saturated rings. The van der Waals surface area contributed by atoms with Gasteiger partial charge in [0.1, 0.15) is 6.54 Å². The highest BCUT2D eigenvalue weighted by molar-refractivity contribution is 5.96. The summed E-state index contributed by atoms with van der Waals surface area (Å²) in [5.74, 6) is -0.981. The molecule has 0 saturated heterocycles. The van der Waals surface area contributed by atoms with Crippen LogP contribution in [0.15, 0.2) is 108 Å². The van der Waals surface area contributed by atoms with Crippen molar-refractivity contribution in [1.82, 2.24) is 15.0 Å². The minimum atomic E-state index is -1.12. The van der Waals surface area contributed by atoms with E-state index < -0.39 is 18.4 Å². The maximum atomic E-state index is 13.1. The SMILES string of the molecule is CC(=O)Nc1ccc(C(=O)N(CC(=O)O)Cc2ccc(-c3noc(-c4ccc(-c5ccccc5)cc4)n3)cc2)cc1. The van der Waals surface area contributed by atoms with E-state index in [2.05, 4.69) is 15.5 Å². The maximum Gasteiger partial charge on any atom is 0.323 e. The van der Waals surface area contributed by atoms with Crippen LogP contribution in [-0.4, -0.2) is 44.5 Å². The van der Waals surface area contributed by atoms with Crippen molar-refractivity contribution in [2.24, 2.45) is 0 Å². The monoisotopic (exact) mass is 546 g/mol. The third-order valence-electron chi connectivity index (χ3n) is 6.32. The predicted molar refractivity (Wildman–Crippen MR) is 154 cm³/mol. The number of amides is 2. The molecule has 41 heavy (non-hydrogen) atoms. The maximum absolute atomic E-state index is 13.1. The molecule has 2 N–H and O–H groups in total. The van der Waals surface area contributed by atoms with Crippen molar-refractivity contribution in [1.29, 1.82) is 0 Å². The van der Waals surface area contributed by atoms with Crippen LogP contribution in [0.1, 0.15) is 22.8 Å². The number of hydrogen-bond donors (Lipinski definition) is 2. The van der Waals surface area contributed by atoms with E-state index >= 15 is 0 Å². The lowest BCUT2D eigenvalue weighted by atomic mass is 10.0. The molecule has 0 bridgehead atoms. The normalized spacial score (nSPS) is 10.7. The van der Waals surface area contributed by atoms with E-state index in [1.165, 1.54) is 11.8 Å². The van der Waals surface area contributed by atoms with Crippen LogP contribution in [0.2, 0.25) is 0 Å². The fraction of sp³-hybridized carbons (Fsp3) is 0.0938. The summed E-state index contributed by atoms with van der Waals surface area (Å²) >= 11 is 0. The zero-order chi connectivity index (χ0) is 28.8. The molecule has 0 aliphatic rings. The first kappa shape index (κ1) is 27.0. The largest absolute Gasteiger partial charge is 0.480 e. The molecule has 0 unspecified atom stereocenters. The van der Waals surface area contributed by atoms with Crippen LogP contribution in [0.4, 0.5) is 5.69 Å². The third kappa shape index (κ3) is 6.72. The van der Waals surface area contributed by atoms with Crippen LogP contribution < -0.4 is 5.32 Å². The summed E-state index contributed by atoms with van der Waals surface area (Å²) < 4.78 is 5.50. The van der Waals surface area contributed by atoms with Gasteiger partial charge < -0.3 is 19.8 Å². The summed E-state index contributed by atoms with van der Waals surface area (Å²) in [5.41, 5.74) is 5.31. The van der Waals surface area contributed by atoms with Crippen LogP contribution in [0.5, 0.6) is 0 Å². The van der Waals surface area contributed by atoms with E-state index in [9.17, 15) is 19.5 Å². The molecule has 0 radical (unpaired) electrons. The molecule has 0 aliphatic heterocycles. The number of anilines is 1. The first-order valence-corrected chi connectivity index (χ1v) is 12.8. The van der Waals surface area contributed by atoms with Gasteiger partial charge in [0, 0.05) is 35.8 Å². The Morgan fingerprint density at radius 1 is 0.780 bits per heavy atom. The van der Waals surface area contributed by atoms with Gasteiger partial charge in [-0.3, -0.25) is 14.4 Å². The Kier molecular flexibility index (Phi) is 7.96. The average Bonchev–Trinajstić information content (AvgIpc) is 3.48. The molecule has 0 aliphatic carbocycles. The number of nitrogens with one attached hydrogen (secondary N) is 1. The van der Waals surface area contributed by atoms with Crippen LogP contribution in [0.3, 0.4) is 0 Å². The number of carboxylic acids is 1. The van der Waals surface area contributed by atoms with Gasteiger partial charge in [-0.1, -0.05) is 71.9 Å². The standard InChI is InChI=1S/C32H26N4O5/c1-21(37)33-28-17-15-27(16-18-28)32(40)36(20-29(38)39)19-22-7-9-25(10-8-22)30-34-31(41-35-30)26-13-11-24(12-14-26)23-5-3-2-4-6-23/h2-18H,19-20H2,1H3,(H,33,37)(H,38,39). The second kappa shape index (κ2) is 12.1. The molecule has 0 saturated carbocycles. The molecule has 0 spiro atoms. The summed E-state index contributed by atoms with van der Waals surface area (Å²) in [6.07, 6.45) is 0. The number of nitrogens with zero attached hydrogens (tertiary/aromatic N) is 3. The van der Waals surface area contributed by atoms with Gasteiger partial charge in [-0.15, -0.1) is 0 Å². The van der Waals surface area contributed by atoms with Crippen molar-refractivity contribution in [3.05, 3.63) is 114 Å². The first-order chi connectivity index (χ1) is 19.9. The molecule has 1 heterocycles. The number of carboxylic acid groups (broad SMARTS) is 1. The minimum Gasteiger partial charge on any atom is -0.480 e. The van der Waals surface area contributed by atoms with E-state index in [1.54, 1.807) is 48.5 Å². The number of hydrogen-bond acceptors (Lipinski definition) is 6. The average molecular weight is 547 g/mol. The lowest BCUT2D eigenvalue weighted by molar-refractivity contribution is -0.137. The summed E-state index contributed by atoms with van der Waals surface area (Å²) in [5, 5.41) is 16.1. The Morgan fingerprint density at radius 3 is 2.02 bits per heavy atom. The Morgan fingerprint density at radius 2 is 1.39 bits per heavy atom. The van der Waals surface area contributed by atoms with Crippen molar-refractivity contribution in [2.45, 2.75) is 13.5 Å². The van der Waals surface area contributed by atoms with Gasteiger partial charge >= 0.3 is 5.97 Å². The smallest absolute Gasteiger partial charge is 0.323 e. The Bertz CT molecular complexity index is 1660. The molecular weight excluding hydrogens is 520 g/mol. The molecule has 5 aromatic rings. The Hall–Kier alpha value is -5.57. The lowest BCUT2D eigenvalue weighted by Gasteiger charge is -2.21. The summed E-state index contributed by atoms with van der Waals surface area (Å²) in [7, 11) is 0. The van der Waals surface area contributed by atoms with Crippen molar-refractivity contribution in [3.63, 3.8) is 0 Å². The topological polar surface area (TPSA) is 126 Å². The number of benzene rings is 4. The predicted octanol–water partition coefficient (Wildman–Crippen LogP) is 5.76. The van der Waals surface area contributed by atoms with Crippen LogP contribution in [0, 0.1) is 0 Å². The highest BCUT2D eigenvalue weighted by atomic mass is 16.5. The third-order valence-corrected chi connectivity index (χ3v) is 6.32. The number of carbonyl (C=O) groups is 3. The van der Waals surface area contributed by atoms with Crippen molar-refractivity contribution in [2.75, 3.05) is 11.9 Å². The highest BCUT2D eigenvalue weighted by Crippen LogP contribution is 2.26. The van der Waals surface area contributed by atoms with E-state index in [1.807, 2.05) is 54.6 Å². The fourth-order valence-electron chi connectivity index (χ4n) is 4.32. The molecule has 2 amide bonds. The van der Waals surface area contributed by atoms with Crippen LogP contribution in [-0.2, 0) is 16.1 Å². The molecule has 9 nitrogen and oxygen atoms in total. The molecule has 5 rings (SSSR count). The lowest BCUT2D eigenvalue weighted by Crippen LogP contribution is -2.35. The van der Waals surface area contributed by atoms with Crippen LogP contribution in [0.25, 0.3) is 34.0 Å². The van der Waals surface area contributed by atoms with Crippen molar-refractivity contribution in [3.8, 4) is 34.0 Å². The molecule has 1 aromatic heterocycles. The molecule has 204 valence electrons. The van der Waals surface area contributed by atoms with Crippen LogP contribution >= 0.6 is 0 Å². The Balaban J connectivity index is 1.28. The first-order valence-electron chi connectivity index (χ1n) is 12.8. The van der Waals surface area contributed by atoms with Crippen molar-refractivity contribution >= 4 is 23.5 Å². The zero-order valence-corrected chi connectivity index (χ0v) is 22.2. The second-order valence-electron chi connectivity index (χ2n) is 9.38. The molecule has 0 atom stereocenters. The number of carbonyl (C=O) groups excluding carboxylic acids is 2. The van der Waals surface area contributed by atoms with Gasteiger partial charge in [0.25, 0.3) is 11.8 Å². The van der Waals surface area contributed by atoms with Gasteiger partial charge in [0.05, 0.1) is 0 Å². The molecule has 9 heteroatoms. The van der Waals surface area contributed by atoms with Gasteiger partial charge in [0.15, 0.2) is 0 Å². The number of rotatable bonds is 9. The number of aliphatic carboxylic acids is 1. The van der Waals surface area contributed by atoms with E-state index in [4.69, 9.17) is 4.52 Å². The number of aromatic nitrogens is 2. The fourth-order valence-corrected chi connectivity index (χ4v) is 4.32. The molecule has 4 aromatic carbocycles. The van der Waals surface area contributed by atoms with Crippen molar-refractivity contribution < 1.29 is 24.0 Å². The zero-order valence-electron chi connectivity index (χ0n) is 22.2. The van der Waals surface area contributed by atoms with Gasteiger partial charge in [-0.25, -0.2) is 0 Å². The van der Waals surface area contributed by atoms with E-state index in [0.717, 1.165) is 22.3 Å². The second-order valence-corrected chi connectivity index (χ2v) is 9.38. The Labute approximate surface area is 236 Å². The highest BCUT2D eigenvalue weighted by Gasteiger charge is 2.19. The van der Waals surface area contributed by atoms with E-state index in [-0.39, 0.29) is 12.5 Å². The van der Waals surface area contributed by atoms with Gasteiger partial charge in [-0.2, -0.15) is 4.98 Å². The van der Waals surface area contributed by atoms with Gasteiger partial charge in [0.2, 0.25) is 11.7 Å². The van der Waals surface area contributed by atoms with E-state index in [0.29, 0.717) is 28.5 Å². The minimum absolute atomic E-state index is 0.0874. The summed E-state index contributed by atoms with van der Waals surface area (Å²) in [4.78, 5) is 41.6. The summed E-state index contributed by atoms with van der Waals surface area (Å²) in [6, 6.07) is 31.4. The quantitative estimate of drug-likeness (QED) is 0.241.